The van der Waals surface area contributed by atoms with Gasteiger partial charge in [0.05, 0.1) is 6.54 Å². The maximum Gasteiger partial charge on any atom is 0.248 e. The van der Waals surface area contributed by atoms with E-state index in [1.165, 1.54) is 0 Å². The first-order chi connectivity index (χ1) is 11.0. The lowest BCUT2D eigenvalue weighted by Crippen LogP contribution is -2.44. The molecule has 0 fully saturated rings. The van der Waals surface area contributed by atoms with Crippen molar-refractivity contribution in [2.45, 2.75) is 32.9 Å². The Hall–Kier alpha value is -2.41. The second-order valence-corrected chi connectivity index (χ2v) is 5.42. The maximum atomic E-state index is 10.6. The van der Waals surface area contributed by atoms with Gasteiger partial charge in [-0.05, 0) is 26.3 Å². The Morgan fingerprint density at radius 1 is 1.30 bits per heavy atom. The number of nitrogens with zero attached hydrogens (tertiary/aromatic N) is 3. The third-order valence-corrected chi connectivity index (χ3v) is 3.28. The summed E-state index contributed by atoms with van der Waals surface area (Å²) in [5, 5.41) is 20.6. The second-order valence-electron chi connectivity index (χ2n) is 5.42. The van der Waals surface area contributed by atoms with E-state index in [4.69, 9.17) is 4.52 Å². The fourth-order valence-electron chi connectivity index (χ4n) is 2.05. The van der Waals surface area contributed by atoms with E-state index in [1.54, 1.807) is 13.8 Å². The molecule has 3 N–H and O–H groups in total. The molecule has 0 saturated heterocycles. The predicted octanol–water partition coefficient (Wildman–Crippen LogP) is 1.34. The highest BCUT2D eigenvalue weighted by atomic mass is 16.5. The minimum Gasteiger partial charge on any atom is -0.384 e. The van der Waals surface area contributed by atoms with Crippen LogP contribution in [0.2, 0.25) is 0 Å². The summed E-state index contributed by atoms with van der Waals surface area (Å²) in [5.41, 5.74) is -0.158. The monoisotopic (exact) mass is 317 g/mol. The molecule has 0 bridgehead atoms. The Balaban J connectivity index is 1.98. The number of aryl methyl sites for hydroxylation is 1. The molecule has 124 valence electrons. The summed E-state index contributed by atoms with van der Waals surface area (Å²) in [5.74, 6) is 1.62. The number of aliphatic hydroxyl groups is 1. The first-order valence-electron chi connectivity index (χ1n) is 7.60. The molecular weight excluding hydrogens is 294 g/mol. The van der Waals surface area contributed by atoms with Crippen LogP contribution in [0.4, 0.5) is 0 Å². The van der Waals surface area contributed by atoms with Gasteiger partial charge in [0.15, 0.2) is 11.8 Å². The van der Waals surface area contributed by atoms with Gasteiger partial charge in [-0.25, -0.2) is 4.99 Å². The van der Waals surface area contributed by atoms with Crippen molar-refractivity contribution in [2.75, 3.05) is 13.1 Å². The zero-order chi connectivity index (χ0) is 16.7. The van der Waals surface area contributed by atoms with Crippen LogP contribution in [0, 0.1) is 6.92 Å². The lowest BCUT2D eigenvalue weighted by molar-refractivity contribution is 0.0617. The van der Waals surface area contributed by atoms with Gasteiger partial charge in [0, 0.05) is 6.54 Å². The molecule has 0 spiro atoms. The van der Waals surface area contributed by atoms with E-state index in [-0.39, 0.29) is 6.54 Å². The molecule has 1 atom stereocenters. The first-order valence-corrected chi connectivity index (χ1v) is 7.60. The van der Waals surface area contributed by atoms with Crippen molar-refractivity contribution in [3.05, 3.63) is 47.6 Å². The highest BCUT2D eigenvalue weighted by Gasteiger charge is 2.22. The number of guanidine groups is 1. The van der Waals surface area contributed by atoms with Crippen molar-refractivity contribution in [1.29, 1.82) is 0 Å². The molecule has 7 nitrogen and oxygen atoms in total. The third kappa shape index (κ3) is 5.07. The lowest BCUT2D eigenvalue weighted by Gasteiger charge is -2.25. The van der Waals surface area contributed by atoms with Crippen LogP contribution in [0.25, 0.3) is 0 Å². The van der Waals surface area contributed by atoms with Crippen LogP contribution in [-0.2, 0) is 12.1 Å². The van der Waals surface area contributed by atoms with Crippen LogP contribution in [-0.4, -0.2) is 34.3 Å². The fraction of sp³-hybridized carbons (Fsp3) is 0.438. The largest absolute Gasteiger partial charge is 0.384 e. The standard InChI is InChI=1S/C16H23N5O2/c1-4-17-15(18-10-14-20-12(2)21-23-14)19-11-16(3,22)13-8-6-5-7-9-13/h5-9,22H,4,10-11H2,1-3H3,(H2,17,18,19). The fourth-order valence-corrected chi connectivity index (χ4v) is 2.05. The molecule has 0 radical (unpaired) electrons. The molecular formula is C16H23N5O2. The smallest absolute Gasteiger partial charge is 0.248 e. The van der Waals surface area contributed by atoms with Crippen molar-refractivity contribution in [2.24, 2.45) is 4.99 Å². The van der Waals surface area contributed by atoms with Crippen molar-refractivity contribution in [3.63, 3.8) is 0 Å². The van der Waals surface area contributed by atoms with Crippen LogP contribution in [0.15, 0.2) is 39.8 Å². The quantitative estimate of drug-likeness (QED) is 0.550. The topological polar surface area (TPSA) is 95.6 Å². The van der Waals surface area contributed by atoms with Crippen molar-refractivity contribution >= 4 is 5.96 Å². The minimum absolute atomic E-state index is 0.281. The van der Waals surface area contributed by atoms with Gasteiger partial charge in [0.25, 0.3) is 0 Å². The number of aromatic nitrogens is 2. The van der Waals surface area contributed by atoms with E-state index in [2.05, 4.69) is 25.8 Å². The molecule has 2 rings (SSSR count). The summed E-state index contributed by atoms with van der Waals surface area (Å²) < 4.78 is 5.03. The molecule has 7 heteroatoms. The Labute approximate surface area is 135 Å². The Morgan fingerprint density at radius 2 is 2.04 bits per heavy atom. The molecule has 23 heavy (non-hydrogen) atoms. The minimum atomic E-state index is -1.00. The maximum absolute atomic E-state index is 10.6. The number of benzene rings is 1. The van der Waals surface area contributed by atoms with Crippen molar-refractivity contribution in [3.8, 4) is 0 Å². The Kier molecular flexibility index (Phi) is 5.70. The van der Waals surface area contributed by atoms with Gasteiger partial charge in [0.1, 0.15) is 12.1 Å². The van der Waals surface area contributed by atoms with Gasteiger partial charge in [-0.1, -0.05) is 35.5 Å². The molecule has 0 aliphatic heterocycles. The summed E-state index contributed by atoms with van der Waals surface area (Å²) in [6.07, 6.45) is 0. The van der Waals surface area contributed by atoms with Gasteiger partial charge in [-0.3, -0.25) is 0 Å². The van der Waals surface area contributed by atoms with Crippen molar-refractivity contribution in [1.82, 2.24) is 20.8 Å². The second kappa shape index (κ2) is 7.73. The van der Waals surface area contributed by atoms with Gasteiger partial charge >= 0.3 is 0 Å². The third-order valence-electron chi connectivity index (χ3n) is 3.28. The summed E-state index contributed by atoms with van der Waals surface area (Å²) in [6.45, 7) is 6.82. The number of nitrogens with one attached hydrogen (secondary N) is 2. The molecule has 1 unspecified atom stereocenters. The van der Waals surface area contributed by atoms with Crippen LogP contribution in [0.3, 0.4) is 0 Å². The van der Waals surface area contributed by atoms with E-state index in [1.807, 2.05) is 37.3 Å². The highest BCUT2D eigenvalue weighted by Crippen LogP contribution is 2.18. The predicted molar refractivity (Wildman–Crippen MR) is 87.9 cm³/mol. The molecule has 1 aromatic carbocycles. The Morgan fingerprint density at radius 3 is 2.65 bits per heavy atom. The molecule has 1 aromatic heterocycles. The molecule has 2 aromatic rings. The van der Waals surface area contributed by atoms with E-state index in [0.717, 1.165) is 5.56 Å². The number of hydrogen-bond donors (Lipinski definition) is 3. The SMILES string of the molecule is CCNC(=NCc1nc(C)no1)NCC(C)(O)c1ccccc1. The zero-order valence-electron chi connectivity index (χ0n) is 13.7. The van der Waals surface area contributed by atoms with Gasteiger partial charge in [-0.2, -0.15) is 4.98 Å². The van der Waals surface area contributed by atoms with E-state index in [9.17, 15) is 5.11 Å². The van der Waals surface area contributed by atoms with E-state index in [0.29, 0.717) is 30.8 Å². The van der Waals surface area contributed by atoms with Crippen LogP contribution in [0.5, 0.6) is 0 Å². The average Bonchev–Trinajstić information content (AvgIpc) is 2.96. The lowest BCUT2D eigenvalue weighted by atomic mass is 9.96. The van der Waals surface area contributed by atoms with E-state index < -0.39 is 5.60 Å². The summed E-state index contributed by atoms with van der Waals surface area (Å²) in [7, 11) is 0. The number of aliphatic imine (C=N–C) groups is 1. The Bertz CT molecular complexity index is 637. The normalized spacial score (nSPS) is 14.3. The first kappa shape index (κ1) is 17.0. The average molecular weight is 317 g/mol. The van der Waals surface area contributed by atoms with Crippen LogP contribution >= 0.6 is 0 Å². The van der Waals surface area contributed by atoms with Gasteiger partial charge < -0.3 is 20.3 Å². The van der Waals surface area contributed by atoms with Crippen LogP contribution < -0.4 is 10.6 Å². The summed E-state index contributed by atoms with van der Waals surface area (Å²) in [4.78, 5) is 8.49. The summed E-state index contributed by atoms with van der Waals surface area (Å²) >= 11 is 0. The zero-order valence-corrected chi connectivity index (χ0v) is 13.7. The molecule has 1 heterocycles. The van der Waals surface area contributed by atoms with E-state index >= 15 is 0 Å². The number of rotatable bonds is 6. The molecule has 0 aliphatic carbocycles. The highest BCUT2D eigenvalue weighted by molar-refractivity contribution is 5.79. The summed E-state index contributed by atoms with van der Waals surface area (Å²) in [6, 6.07) is 9.52. The van der Waals surface area contributed by atoms with Gasteiger partial charge in [-0.15, -0.1) is 0 Å². The molecule has 0 amide bonds. The van der Waals surface area contributed by atoms with Crippen LogP contribution in [0.1, 0.15) is 31.1 Å². The van der Waals surface area contributed by atoms with Gasteiger partial charge in [0.2, 0.25) is 5.89 Å². The van der Waals surface area contributed by atoms with Crippen molar-refractivity contribution < 1.29 is 9.63 Å². The molecule has 0 aliphatic rings. The molecule has 0 saturated carbocycles. The number of hydrogen-bond acceptors (Lipinski definition) is 5.